The first-order valence-electron chi connectivity index (χ1n) is 12.5. The first-order valence-corrected chi connectivity index (χ1v) is 12.5. The van der Waals surface area contributed by atoms with E-state index in [4.69, 9.17) is 23.7 Å². The number of hydrogen-bond acceptors (Lipinski definition) is 9. The van der Waals surface area contributed by atoms with E-state index < -0.39 is 11.9 Å². The van der Waals surface area contributed by atoms with E-state index in [2.05, 4.69) is 15.0 Å². The lowest BCUT2D eigenvalue weighted by atomic mass is 9.97. The molecule has 39 heavy (non-hydrogen) atoms. The summed E-state index contributed by atoms with van der Waals surface area (Å²) in [6, 6.07) is 11.0. The molecule has 1 amide bonds. The summed E-state index contributed by atoms with van der Waals surface area (Å²) in [5.41, 5.74) is 3.13. The Morgan fingerprint density at radius 3 is 2.49 bits per heavy atom. The van der Waals surface area contributed by atoms with E-state index in [0.29, 0.717) is 54.6 Å². The van der Waals surface area contributed by atoms with Gasteiger partial charge in [-0.25, -0.2) is 9.97 Å². The fourth-order valence-corrected chi connectivity index (χ4v) is 4.57. The highest BCUT2D eigenvalue weighted by molar-refractivity contribution is 5.79. The van der Waals surface area contributed by atoms with E-state index in [-0.39, 0.29) is 24.2 Å². The average molecular weight is 533 g/mol. The van der Waals surface area contributed by atoms with E-state index in [1.807, 2.05) is 32.0 Å². The van der Waals surface area contributed by atoms with Gasteiger partial charge in [0.05, 0.1) is 19.2 Å². The molecule has 3 heterocycles. The molecule has 0 aliphatic carbocycles. The van der Waals surface area contributed by atoms with Crippen molar-refractivity contribution in [1.29, 1.82) is 0 Å². The van der Waals surface area contributed by atoms with Gasteiger partial charge in [-0.1, -0.05) is 6.07 Å². The number of nitrogens with zero attached hydrogens (tertiary/aromatic N) is 4. The van der Waals surface area contributed by atoms with Gasteiger partial charge in [0.1, 0.15) is 22.8 Å². The second-order valence-electron chi connectivity index (χ2n) is 9.36. The largest absolute Gasteiger partial charge is 0.497 e. The van der Waals surface area contributed by atoms with Gasteiger partial charge in [0.2, 0.25) is 5.89 Å². The minimum absolute atomic E-state index is 0.117. The Bertz CT molecular complexity index is 1500. The molecule has 0 unspecified atom stereocenters. The highest BCUT2D eigenvalue weighted by atomic mass is 16.5. The van der Waals surface area contributed by atoms with Crippen LogP contribution in [-0.4, -0.2) is 63.6 Å². The van der Waals surface area contributed by atoms with Crippen LogP contribution < -0.4 is 14.2 Å². The number of fused-ring (bicyclic) bond motifs is 1. The topological polar surface area (TPSA) is 137 Å². The molecule has 2 aromatic heterocycles. The van der Waals surface area contributed by atoms with E-state index >= 15 is 0 Å². The Balaban J connectivity index is 1.27. The first kappa shape index (κ1) is 26.0. The number of carboxylic acids is 1. The third-order valence-electron chi connectivity index (χ3n) is 6.62. The minimum Gasteiger partial charge on any atom is -0.497 e. The normalized spacial score (nSPS) is 13.9. The Labute approximate surface area is 224 Å². The number of methoxy groups -OCH3 is 1. The van der Waals surface area contributed by atoms with Crippen molar-refractivity contribution in [3.8, 4) is 34.7 Å². The van der Waals surface area contributed by atoms with Gasteiger partial charge >= 0.3 is 12.0 Å². The Morgan fingerprint density at radius 2 is 1.79 bits per heavy atom. The molecule has 1 N–H and O–H groups in total. The lowest BCUT2D eigenvalue weighted by Gasteiger charge is -2.30. The predicted octanol–water partition coefficient (Wildman–Crippen LogP) is 4.40. The number of hydrogen-bond donors (Lipinski definition) is 1. The van der Waals surface area contributed by atoms with Crippen molar-refractivity contribution in [2.24, 2.45) is 5.92 Å². The van der Waals surface area contributed by atoms with Gasteiger partial charge in [-0.05, 0) is 62.1 Å². The molecular formula is C28H28N4O7. The van der Waals surface area contributed by atoms with Gasteiger partial charge in [-0.2, -0.15) is 4.98 Å². The second-order valence-corrected chi connectivity index (χ2v) is 9.36. The number of carbonyl (C=O) groups excluding carboxylic acids is 1. The summed E-state index contributed by atoms with van der Waals surface area (Å²) in [6.45, 7) is 4.49. The maximum Gasteiger partial charge on any atom is 0.325 e. The number of aromatic nitrogens is 3. The van der Waals surface area contributed by atoms with Crippen LogP contribution in [0.2, 0.25) is 0 Å². The molecule has 0 saturated carbocycles. The quantitative estimate of drug-likeness (QED) is 0.347. The summed E-state index contributed by atoms with van der Waals surface area (Å²) in [5, 5.41) is 9.15. The molecule has 1 aliphatic rings. The molecule has 0 atom stereocenters. The zero-order chi connectivity index (χ0) is 27.5. The predicted molar refractivity (Wildman–Crippen MR) is 140 cm³/mol. The Morgan fingerprint density at radius 1 is 1.08 bits per heavy atom. The number of ether oxygens (including phenoxy) is 3. The van der Waals surface area contributed by atoms with Crippen LogP contribution in [0.4, 0.5) is 0 Å². The summed E-state index contributed by atoms with van der Waals surface area (Å²) in [5.74, 6) is 0.795. The van der Waals surface area contributed by atoms with Crippen LogP contribution in [0, 0.1) is 19.8 Å². The van der Waals surface area contributed by atoms with Crippen molar-refractivity contribution in [3.05, 3.63) is 53.7 Å². The monoisotopic (exact) mass is 532 g/mol. The molecule has 0 bridgehead atoms. The summed E-state index contributed by atoms with van der Waals surface area (Å²) in [4.78, 5) is 38.5. The number of piperidine rings is 1. The highest BCUT2D eigenvalue weighted by Gasteiger charge is 2.27. The molecule has 1 aliphatic heterocycles. The van der Waals surface area contributed by atoms with Gasteiger partial charge in [0, 0.05) is 24.7 Å². The van der Waals surface area contributed by atoms with Crippen LogP contribution in [0.25, 0.3) is 22.7 Å². The minimum atomic E-state index is -0.808. The second kappa shape index (κ2) is 11.0. The lowest BCUT2D eigenvalue weighted by molar-refractivity contribution is -0.146. The summed E-state index contributed by atoms with van der Waals surface area (Å²) in [6.07, 6.45) is 2.45. The molecule has 1 saturated heterocycles. The summed E-state index contributed by atoms with van der Waals surface area (Å²) in [7, 11) is 1.58. The van der Waals surface area contributed by atoms with Crippen LogP contribution in [0.15, 0.2) is 47.0 Å². The van der Waals surface area contributed by atoms with Gasteiger partial charge in [0.15, 0.2) is 6.61 Å². The van der Waals surface area contributed by atoms with Crippen molar-refractivity contribution in [2.75, 3.05) is 26.8 Å². The molecule has 0 radical (unpaired) electrons. The Hall–Kier alpha value is -4.67. The molecule has 5 rings (SSSR count). The number of benzene rings is 2. The molecule has 11 heteroatoms. The third kappa shape index (κ3) is 5.77. The van der Waals surface area contributed by atoms with Crippen molar-refractivity contribution in [1.82, 2.24) is 19.9 Å². The van der Waals surface area contributed by atoms with Crippen molar-refractivity contribution < 1.29 is 33.3 Å². The Kier molecular flexibility index (Phi) is 7.31. The van der Waals surface area contributed by atoms with Crippen LogP contribution in [0.1, 0.15) is 24.0 Å². The molecular weight excluding hydrogens is 504 g/mol. The molecule has 4 aromatic rings. The summed E-state index contributed by atoms with van der Waals surface area (Å²) >= 11 is 0. The fraction of sp³-hybridized carbons (Fsp3) is 0.321. The summed E-state index contributed by atoms with van der Waals surface area (Å²) < 4.78 is 22.8. The third-order valence-corrected chi connectivity index (χ3v) is 6.62. The number of amides is 1. The molecule has 0 spiro atoms. The molecule has 202 valence electrons. The van der Waals surface area contributed by atoms with E-state index in [1.165, 1.54) is 6.20 Å². The van der Waals surface area contributed by atoms with Crippen LogP contribution in [-0.2, 0) is 9.59 Å². The number of likely N-dealkylation sites (tertiary alicyclic amines) is 1. The maximum atomic E-state index is 12.6. The number of rotatable bonds is 8. The van der Waals surface area contributed by atoms with Crippen LogP contribution in [0.3, 0.4) is 0 Å². The molecule has 2 aromatic carbocycles. The molecule has 1 fully saturated rings. The lowest BCUT2D eigenvalue weighted by Crippen LogP contribution is -2.42. The maximum absolute atomic E-state index is 12.6. The van der Waals surface area contributed by atoms with Gasteiger partial charge in [0.25, 0.3) is 11.6 Å². The highest BCUT2D eigenvalue weighted by Crippen LogP contribution is 2.32. The number of carboxylic acid groups (broad SMARTS) is 1. The number of aryl methyl sites for hydroxylation is 2. The smallest absolute Gasteiger partial charge is 0.325 e. The standard InChI is InChI=1S/C28H28N4O7/c1-16-11-19(12-17(2)24(16)37-15-23(33)32-9-7-18(8-10-32)27(34)35)25-30-22-14-29-28(31-26(22)39-25)38-21-6-4-5-20(13-21)36-3/h4-6,11-14,18H,7-10,15H2,1-3H3,(H,34,35). The SMILES string of the molecule is COc1cccc(Oc2ncc3nc(-c4cc(C)c(OCC(=O)N5CCC(C(=O)O)CC5)c(C)c4)oc3n2)c1. The van der Waals surface area contributed by atoms with E-state index in [0.717, 1.165) is 16.7 Å². The zero-order valence-corrected chi connectivity index (χ0v) is 21.8. The zero-order valence-electron chi connectivity index (χ0n) is 21.8. The van der Waals surface area contributed by atoms with Crippen molar-refractivity contribution >= 4 is 23.1 Å². The van der Waals surface area contributed by atoms with Gasteiger partial charge in [-0.3, -0.25) is 9.59 Å². The number of oxazole rings is 1. The van der Waals surface area contributed by atoms with Crippen LogP contribution in [0.5, 0.6) is 23.3 Å². The van der Waals surface area contributed by atoms with Crippen molar-refractivity contribution in [2.45, 2.75) is 26.7 Å². The molecule has 11 nitrogen and oxygen atoms in total. The first-order chi connectivity index (χ1) is 18.8. The van der Waals surface area contributed by atoms with E-state index in [9.17, 15) is 9.59 Å². The average Bonchev–Trinajstić information content (AvgIpc) is 3.36. The van der Waals surface area contributed by atoms with Crippen molar-refractivity contribution in [3.63, 3.8) is 0 Å². The van der Waals surface area contributed by atoms with Crippen LogP contribution >= 0.6 is 0 Å². The number of carbonyl (C=O) groups is 2. The van der Waals surface area contributed by atoms with E-state index in [1.54, 1.807) is 30.2 Å². The van der Waals surface area contributed by atoms with Gasteiger partial charge in [-0.15, -0.1) is 0 Å². The number of aliphatic carboxylic acids is 1. The van der Waals surface area contributed by atoms with Gasteiger partial charge < -0.3 is 28.6 Å². The fourth-order valence-electron chi connectivity index (χ4n) is 4.57.